The molecule has 0 radical (unpaired) electrons. The number of aromatic nitrogens is 2. The number of carbonyl (C=O) groups is 1. The summed E-state index contributed by atoms with van der Waals surface area (Å²) in [6, 6.07) is 12.1. The maximum atomic E-state index is 13.9. The van der Waals surface area contributed by atoms with E-state index in [1.807, 2.05) is 24.0 Å². The quantitative estimate of drug-likeness (QED) is 0.566. The summed E-state index contributed by atoms with van der Waals surface area (Å²) in [6.45, 7) is 8.99. The molecule has 4 rings (SSSR count). The monoisotopic (exact) mass is 436 g/mol. The summed E-state index contributed by atoms with van der Waals surface area (Å²) >= 11 is 0. The molecule has 1 aromatic carbocycles. The summed E-state index contributed by atoms with van der Waals surface area (Å²) in [5.74, 6) is 3.03. The fourth-order valence-corrected chi connectivity index (χ4v) is 3.89. The van der Waals surface area contributed by atoms with Crippen LogP contribution in [-0.4, -0.2) is 47.0 Å². The van der Waals surface area contributed by atoms with Gasteiger partial charge < -0.3 is 14.2 Å². The third kappa shape index (κ3) is 4.98. The molecule has 1 saturated heterocycles. The fourth-order valence-electron chi connectivity index (χ4n) is 3.89. The molecule has 1 fully saturated rings. The number of furan rings is 1. The van der Waals surface area contributed by atoms with Gasteiger partial charge in [-0.15, -0.1) is 0 Å². The lowest BCUT2D eigenvalue weighted by molar-refractivity contribution is -0.131. The van der Waals surface area contributed by atoms with Gasteiger partial charge in [-0.25, -0.2) is 14.4 Å². The van der Waals surface area contributed by atoms with E-state index in [2.05, 4.69) is 23.7 Å². The van der Waals surface area contributed by atoms with Gasteiger partial charge in [-0.2, -0.15) is 0 Å². The number of piperazine rings is 1. The highest BCUT2D eigenvalue weighted by atomic mass is 19.1. The van der Waals surface area contributed by atoms with Crippen molar-refractivity contribution in [2.24, 2.45) is 0 Å². The minimum absolute atomic E-state index is 0.107. The lowest BCUT2D eigenvalue weighted by Gasteiger charge is -2.35. The molecule has 0 unspecified atom stereocenters. The van der Waals surface area contributed by atoms with E-state index >= 15 is 0 Å². The molecular weight excluding hydrogens is 407 g/mol. The minimum Gasteiger partial charge on any atom is -0.461 e. The van der Waals surface area contributed by atoms with Gasteiger partial charge in [0.2, 0.25) is 5.91 Å². The lowest BCUT2D eigenvalue weighted by atomic mass is 10.1. The van der Waals surface area contributed by atoms with Crippen LogP contribution in [0.5, 0.6) is 0 Å². The van der Waals surface area contributed by atoms with Crippen molar-refractivity contribution in [2.45, 2.75) is 39.5 Å². The van der Waals surface area contributed by atoms with Crippen LogP contribution >= 0.6 is 0 Å². The zero-order chi connectivity index (χ0) is 22.7. The molecule has 1 aliphatic heterocycles. The van der Waals surface area contributed by atoms with Gasteiger partial charge in [0.05, 0.1) is 5.56 Å². The molecule has 0 atom stereocenters. The Morgan fingerprint density at radius 2 is 1.84 bits per heavy atom. The van der Waals surface area contributed by atoms with Crippen LogP contribution in [-0.2, 0) is 11.2 Å². The highest BCUT2D eigenvalue weighted by molar-refractivity contribution is 5.76. The van der Waals surface area contributed by atoms with E-state index in [9.17, 15) is 9.18 Å². The Kier molecular flexibility index (Phi) is 6.53. The Bertz CT molecular complexity index is 1090. The zero-order valence-electron chi connectivity index (χ0n) is 18.8. The molecule has 3 aromatic rings. The second-order valence-corrected chi connectivity index (χ2v) is 8.49. The standard InChI is InChI=1S/C25H29FN4O2/c1-17(2)25-27-18(3)16-23(28-25)29-12-14-30(15-13-29)24(31)11-9-19-8-10-22(32-19)20-6-4-5-7-21(20)26/h4-8,10,16-17H,9,11-15H2,1-3H3. The van der Waals surface area contributed by atoms with Crippen molar-refractivity contribution < 1.29 is 13.6 Å². The van der Waals surface area contributed by atoms with Crippen molar-refractivity contribution in [3.8, 4) is 11.3 Å². The molecular formula is C25H29FN4O2. The number of aryl methyl sites for hydroxylation is 2. The van der Waals surface area contributed by atoms with E-state index in [0.717, 1.165) is 30.4 Å². The Labute approximate surface area is 188 Å². The number of rotatable bonds is 6. The Hall–Kier alpha value is -3.22. The Morgan fingerprint density at radius 3 is 2.56 bits per heavy atom. The van der Waals surface area contributed by atoms with Crippen molar-refractivity contribution in [3.63, 3.8) is 0 Å². The minimum atomic E-state index is -0.318. The number of hydrogen-bond donors (Lipinski definition) is 0. The number of carbonyl (C=O) groups excluding carboxylic acids is 1. The maximum Gasteiger partial charge on any atom is 0.223 e. The van der Waals surface area contributed by atoms with Crippen molar-refractivity contribution >= 4 is 11.7 Å². The third-order valence-electron chi connectivity index (χ3n) is 5.72. The van der Waals surface area contributed by atoms with Gasteiger partial charge >= 0.3 is 0 Å². The van der Waals surface area contributed by atoms with Crippen LogP contribution in [0.3, 0.4) is 0 Å². The average molecular weight is 437 g/mol. The molecule has 0 spiro atoms. The van der Waals surface area contributed by atoms with Crippen LogP contribution in [0.2, 0.25) is 0 Å². The second-order valence-electron chi connectivity index (χ2n) is 8.49. The van der Waals surface area contributed by atoms with E-state index in [4.69, 9.17) is 9.40 Å². The number of halogens is 1. The van der Waals surface area contributed by atoms with Gasteiger partial charge in [-0.05, 0) is 31.2 Å². The topological polar surface area (TPSA) is 62.5 Å². The number of nitrogens with zero attached hydrogens (tertiary/aromatic N) is 4. The summed E-state index contributed by atoms with van der Waals surface area (Å²) in [7, 11) is 0. The van der Waals surface area contributed by atoms with Gasteiger partial charge in [0.1, 0.15) is 29.0 Å². The molecule has 0 bridgehead atoms. The van der Waals surface area contributed by atoms with E-state index < -0.39 is 0 Å². The van der Waals surface area contributed by atoms with Crippen LogP contribution in [0.1, 0.15) is 43.5 Å². The van der Waals surface area contributed by atoms with Crippen LogP contribution in [0.25, 0.3) is 11.3 Å². The molecule has 1 amide bonds. The number of amides is 1. The average Bonchev–Trinajstić information content (AvgIpc) is 3.26. The van der Waals surface area contributed by atoms with E-state index in [0.29, 0.717) is 43.0 Å². The smallest absolute Gasteiger partial charge is 0.223 e. The molecule has 0 saturated carbocycles. The fraction of sp³-hybridized carbons (Fsp3) is 0.400. The first-order valence-electron chi connectivity index (χ1n) is 11.1. The van der Waals surface area contributed by atoms with Crippen molar-refractivity contribution in [1.82, 2.24) is 14.9 Å². The summed E-state index contributed by atoms with van der Waals surface area (Å²) in [6.07, 6.45) is 0.866. The van der Waals surface area contributed by atoms with Crippen LogP contribution in [0, 0.1) is 12.7 Å². The van der Waals surface area contributed by atoms with Crippen molar-refractivity contribution in [2.75, 3.05) is 31.1 Å². The van der Waals surface area contributed by atoms with Crippen LogP contribution in [0.15, 0.2) is 46.9 Å². The molecule has 32 heavy (non-hydrogen) atoms. The summed E-state index contributed by atoms with van der Waals surface area (Å²) < 4.78 is 19.7. The molecule has 0 aliphatic carbocycles. The third-order valence-corrected chi connectivity index (χ3v) is 5.72. The number of hydrogen-bond acceptors (Lipinski definition) is 5. The Balaban J connectivity index is 1.31. The van der Waals surface area contributed by atoms with Gasteiger partial charge in [0.15, 0.2) is 0 Å². The molecule has 3 heterocycles. The largest absolute Gasteiger partial charge is 0.461 e. The van der Waals surface area contributed by atoms with Crippen LogP contribution in [0.4, 0.5) is 10.2 Å². The molecule has 0 N–H and O–H groups in total. The summed E-state index contributed by atoms with van der Waals surface area (Å²) in [5, 5.41) is 0. The molecule has 2 aromatic heterocycles. The van der Waals surface area contributed by atoms with Gasteiger partial charge in [-0.3, -0.25) is 4.79 Å². The predicted octanol–water partition coefficient (Wildman–Crippen LogP) is 4.59. The highest BCUT2D eigenvalue weighted by Gasteiger charge is 2.23. The van der Waals surface area contributed by atoms with Crippen LogP contribution < -0.4 is 4.90 Å². The molecule has 168 valence electrons. The number of benzene rings is 1. The number of anilines is 1. The van der Waals surface area contributed by atoms with Crippen molar-refractivity contribution in [1.29, 1.82) is 0 Å². The first-order valence-corrected chi connectivity index (χ1v) is 11.1. The van der Waals surface area contributed by atoms with E-state index in [1.165, 1.54) is 6.07 Å². The first kappa shape index (κ1) is 22.0. The predicted molar refractivity (Wildman–Crippen MR) is 122 cm³/mol. The normalized spacial score (nSPS) is 14.3. The summed E-state index contributed by atoms with van der Waals surface area (Å²) in [4.78, 5) is 26.1. The van der Waals surface area contributed by atoms with E-state index in [-0.39, 0.29) is 17.6 Å². The van der Waals surface area contributed by atoms with Gasteiger partial charge in [0, 0.05) is 56.7 Å². The Morgan fingerprint density at radius 1 is 1.09 bits per heavy atom. The molecule has 6 nitrogen and oxygen atoms in total. The van der Waals surface area contributed by atoms with Gasteiger partial charge in [-0.1, -0.05) is 26.0 Å². The zero-order valence-corrected chi connectivity index (χ0v) is 18.8. The van der Waals surface area contributed by atoms with Gasteiger partial charge in [0.25, 0.3) is 0 Å². The lowest BCUT2D eigenvalue weighted by Crippen LogP contribution is -2.49. The molecule has 1 aliphatic rings. The maximum absolute atomic E-state index is 13.9. The highest BCUT2D eigenvalue weighted by Crippen LogP contribution is 2.25. The summed E-state index contributed by atoms with van der Waals surface area (Å²) in [5.41, 5.74) is 1.40. The SMILES string of the molecule is Cc1cc(N2CCN(C(=O)CCc3ccc(-c4ccccc4F)o3)CC2)nc(C(C)C)n1. The van der Waals surface area contributed by atoms with E-state index in [1.54, 1.807) is 24.3 Å². The molecule has 7 heteroatoms. The van der Waals surface area contributed by atoms with Crippen molar-refractivity contribution in [3.05, 3.63) is 65.6 Å². The first-order chi connectivity index (χ1) is 15.4. The second kappa shape index (κ2) is 9.51.